The molecule has 1 atom stereocenters. The minimum absolute atomic E-state index is 0.0656. The van der Waals surface area contributed by atoms with Gasteiger partial charge in [0.05, 0.1) is 18.3 Å². The van der Waals surface area contributed by atoms with Crippen LogP contribution in [-0.4, -0.2) is 32.6 Å². The summed E-state index contributed by atoms with van der Waals surface area (Å²) in [5.41, 5.74) is 0.871. The number of hydrogen-bond acceptors (Lipinski definition) is 5. The second-order valence-electron chi connectivity index (χ2n) is 6.19. The highest BCUT2D eigenvalue weighted by Crippen LogP contribution is 2.31. The minimum atomic E-state index is -0.0656. The minimum Gasteiger partial charge on any atom is -0.350 e. The quantitative estimate of drug-likeness (QED) is 0.740. The Hall–Kier alpha value is -2.76. The molecule has 6 nitrogen and oxygen atoms in total. The number of aromatic nitrogens is 4. The van der Waals surface area contributed by atoms with E-state index in [9.17, 15) is 4.79 Å². The van der Waals surface area contributed by atoms with Crippen molar-refractivity contribution in [2.75, 3.05) is 11.4 Å². The van der Waals surface area contributed by atoms with Crippen LogP contribution < -0.4 is 10.5 Å². The third-order valence-electron chi connectivity index (χ3n) is 4.67. The van der Waals surface area contributed by atoms with E-state index in [1.54, 1.807) is 18.3 Å². The van der Waals surface area contributed by atoms with Gasteiger partial charge < -0.3 is 4.90 Å². The van der Waals surface area contributed by atoms with Crippen molar-refractivity contribution < 1.29 is 0 Å². The molecule has 0 spiro atoms. The summed E-state index contributed by atoms with van der Waals surface area (Å²) < 4.78 is 1.53. The van der Waals surface area contributed by atoms with E-state index in [1.807, 2.05) is 19.1 Å². The predicted octanol–water partition coefficient (Wildman–Crippen LogP) is 2.16. The molecule has 1 aliphatic heterocycles. The van der Waals surface area contributed by atoms with Crippen molar-refractivity contribution in [2.24, 2.45) is 0 Å². The lowest BCUT2D eigenvalue weighted by Gasteiger charge is -2.26. The van der Waals surface area contributed by atoms with Gasteiger partial charge in [-0.3, -0.25) is 4.79 Å². The Bertz CT molecular complexity index is 936. The van der Waals surface area contributed by atoms with Crippen LogP contribution in [0, 0.1) is 6.92 Å². The van der Waals surface area contributed by atoms with E-state index >= 15 is 0 Å². The van der Waals surface area contributed by atoms with Crippen LogP contribution in [0.25, 0.3) is 10.8 Å². The first-order valence-electron chi connectivity index (χ1n) is 8.25. The van der Waals surface area contributed by atoms with Crippen molar-refractivity contribution in [1.82, 2.24) is 20.0 Å². The van der Waals surface area contributed by atoms with Gasteiger partial charge in [-0.05, 0) is 25.8 Å². The number of nitrogens with zero attached hydrogens (tertiary/aromatic N) is 5. The maximum atomic E-state index is 12.0. The highest BCUT2D eigenvalue weighted by Gasteiger charge is 2.28. The summed E-state index contributed by atoms with van der Waals surface area (Å²) >= 11 is 0. The van der Waals surface area contributed by atoms with Gasteiger partial charge in [0.25, 0.3) is 5.56 Å². The van der Waals surface area contributed by atoms with Gasteiger partial charge in [-0.2, -0.15) is 10.2 Å². The van der Waals surface area contributed by atoms with Crippen LogP contribution >= 0.6 is 0 Å². The van der Waals surface area contributed by atoms with Crippen LogP contribution in [0.15, 0.2) is 47.4 Å². The summed E-state index contributed by atoms with van der Waals surface area (Å²) in [5.74, 6) is 0.905. The molecule has 0 radical (unpaired) electrons. The van der Waals surface area contributed by atoms with E-state index in [0.29, 0.717) is 6.54 Å². The zero-order chi connectivity index (χ0) is 16.5. The van der Waals surface area contributed by atoms with Crippen molar-refractivity contribution in [2.45, 2.75) is 32.4 Å². The summed E-state index contributed by atoms with van der Waals surface area (Å²) in [6.07, 6.45) is 3.75. The monoisotopic (exact) mass is 321 g/mol. The van der Waals surface area contributed by atoms with Gasteiger partial charge in [0.15, 0.2) is 5.82 Å². The fraction of sp³-hybridized carbons (Fsp3) is 0.333. The normalized spacial score (nSPS) is 17.5. The van der Waals surface area contributed by atoms with Crippen LogP contribution in [0.1, 0.15) is 18.5 Å². The molecular weight excluding hydrogens is 302 g/mol. The molecule has 6 heteroatoms. The molecule has 1 saturated heterocycles. The Labute approximate surface area is 139 Å². The first kappa shape index (κ1) is 14.8. The molecule has 4 rings (SSSR count). The molecule has 1 aliphatic rings. The van der Waals surface area contributed by atoms with E-state index in [1.165, 1.54) is 4.68 Å². The van der Waals surface area contributed by atoms with Gasteiger partial charge in [-0.25, -0.2) is 4.68 Å². The average Bonchev–Trinajstić information content (AvgIpc) is 3.06. The van der Waals surface area contributed by atoms with Crippen LogP contribution in [0.2, 0.25) is 0 Å². The predicted molar refractivity (Wildman–Crippen MR) is 93.1 cm³/mol. The molecule has 0 N–H and O–H groups in total. The molecule has 0 amide bonds. The number of benzene rings is 1. The lowest BCUT2D eigenvalue weighted by molar-refractivity contribution is 0.487. The topological polar surface area (TPSA) is 63.9 Å². The molecule has 1 fully saturated rings. The van der Waals surface area contributed by atoms with Crippen molar-refractivity contribution in [3.63, 3.8) is 0 Å². The standard InChI is InChI=1S/C18H19N5O/c1-13-15-7-2-3-8-16(15)18(21-20-13)22-11-5-6-14(22)12-23-17(24)9-4-10-19-23/h2-4,7-10,14H,5-6,11-12H2,1H3. The lowest BCUT2D eigenvalue weighted by atomic mass is 10.1. The van der Waals surface area contributed by atoms with Crippen LogP contribution in [-0.2, 0) is 6.54 Å². The first-order valence-corrected chi connectivity index (χ1v) is 8.25. The molecular formula is C18H19N5O. The zero-order valence-corrected chi connectivity index (χ0v) is 13.6. The van der Waals surface area contributed by atoms with Crippen LogP contribution in [0.3, 0.4) is 0 Å². The molecule has 24 heavy (non-hydrogen) atoms. The number of fused-ring (bicyclic) bond motifs is 1. The highest BCUT2D eigenvalue weighted by atomic mass is 16.1. The molecule has 0 bridgehead atoms. The van der Waals surface area contributed by atoms with Crippen molar-refractivity contribution in [3.8, 4) is 0 Å². The first-order chi connectivity index (χ1) is 11.7. The van der Waals surface area contributed by atoms with Gasteiger partial charge in [0.2, 0.25) is 0 Å². The van der Waals surface area contributed by atoms with Crippen molar-refractivity contribution in [3.05, 3.63) is 58.6 Å². The second-order valence-corrected chi connectivity index (χ2v) is 6.19. The Balaban J connectivity index is 1.72. The fourth-order valence-electron chi connectivity index (χ4n) is 3.46. The number of rotatable bonds is 3. The summed E-state index contributed by atoms with van der Waals surface area (Å²) in [6, 6.07) is 11.7. The van der Waals surface area contributed by atoms with Crippen molar-refractivity contribution >= 4 is 16.6 Å². The Morgan fingerprint density at radius 1 is 1.12 bits per heavy atom. The van der Waals surface area contributed by atoms with Gasteiger partial charge in [-0.15, -0.1) is 5.10 Å². The van der Waals surface area contributed by atoms with Gasteiger partial charge in [0.1, 0.15) is 0 Å². The molecule has 122 valence electrons. The molecule has 0 saturated carbocycles. The third kappa shape index (κ3) is 2.54. The molecule has 3 aromatic rings. The molecule has 3 heterocycles. The summed E-state index contributed by atoms with van der Waals surface area (Å²) in [6.45, 7) is 3.48. The molecule has 0 aliphatic carbocycles. The van der Waals surface area contributed by atoms with Crippen LogP contribution in [0.4, 0.5) is 5.82 Å². The van der Waals surface area contributed by atoms with E-state index in [2.05, 4.69) is 32.3 Å². The van der Waals surface area contributed by atoms with Gasteiger partial charge >= 0.3 is 0 Å². The maximum absolute atomic E-state index is 12.0. The van der Waals surface area contributed by atoms with E-state index in [4.69, 9.17) is 0 Å². The summed E-state index contributed by atoms with van der Waals surface area (Å²) in [7, 11) is 0. The lowest BCUT2D eigenvalue weighted by Crippen LogP contribution is -2.37. The van der Waals surface area contributed by atoms with Gasteiger partial charge in [-0.1, -0.05) is 24.3 Å². The van der Waals surface area contributed by atoms with Gasteiger partial charge in [0, 0.05) is 29.6 Å². The van der Waals surface area contributed by atoms with E-state index < -0.39 is 0 Å². The average molecular weight is 321 g/mol. The maximum Gasteiger partial charge on any atom is 0.266 e. The second kappa shape index (κ2) is 6.03. The largest absolute Gasteiger partial charge is 0.350 e. The number of anilines is 1. The Morgan fingerprint density at radius 3 is 2.79 bits per heavy atom. The summed E-state index contributed by atoms with van der Waals surface area (Å²) in [5, 5.41) is 15.2. The molecule has 1 unspecified atom stereocenters. The van der Waals surface area contributed by atoms with Crippen molar-refractivity contribution in [1.29, 1.82) is 0 Å². The van der Waals surface area contributed by atoms with E-state index in [0.717, 1.165) is 41.7 Å². The smallest absolute Gasteiger partial charge is 0.266 e. The fourth-order valence-corrected chi connectivity index (χ4v) is 3.46. The zero-order valence-electron chi connectivity index (χ0n) is 13.6. The Kier molecular flexibility index (Phi) is 3.72. The Morgan fingerprint density at radius 2 is 1.96 bits per heavy atom. The highest BCUT2D eigenvalue weighted by molar-refractivity contribution is 5.93. The number of aryl methyl sites for hydroxylation is 1. The summed E-state index contributed by atoms with van der Waals surface area (Å²) in [4.78, 5) is 14.2. The van der Waals surface area contributed by atoms with Crippen LogP contribution in [0.5, 0.6) is 0 Å². The molecule has 2 aromatic heterocycles. The van der Waals surface area contributed by atoms with E-state index in [-0.39, 0.29) is 11.6 Å². The number of hydrogen-bond donors (Lipinski definition) is 0. The SMILES string of the molecule is Cc1nnc(N2CCCC2Cn2ncccc2=O)c2ccccc12. The third-order valence-corrected chi connectivity index (χ3v) is 4.67. The molecule has 1 aromatic carbocycles.